The van der Waals surface area contributed by atoms with Crippen LogP contribution in [0.25, 0.3) is 0 Å². The van der Waals surface area contributed by atoms with Crippen molar-refractivity contribution in [3.8, 4) is 5.75 Å². The minimum atomic E-state index is -1.41. The Kier molecular flexibility index (Phi) is 5.14. The molecule has 2 atom stereocenters. The molecule has 0 aliphatic rings. The lowest BCUT2D eigenvalue weighted by molar-refractivity contribution is -0.141. The molecular formula is C12H14ClNO5. The molecule has 7 heteroatoms. The Bertz CT molecular complexity index is 489. The maximum atomic E-state index is 12.0. The molecule has 0 fully saturated rings. The van der Waals surface area contributed by atoms with E-state index in [4.69, 9.17) is 21.4 Å². The van der Waals surface area contributed by atoms with Crippen LogP contribution in [0.3, 0.4) is 0 Å². The van der Waals surface area contributed by atoms with E-state index in [-0.39, 0.29) is 11.3 Å². The molecular weight excluding hydrogens is 274 g/mol. The second-order valence-corrected chi connectivity index (χ2v) is 4.31. The molecule has 0 aromatic heterocycles. The van der Waals surface area contributed by atoms with Crippen LogP contribution >= 0.6 is 11.6 Å². The average Bonchev–Trinajstić information content (AvgIpc) is 2.34. The number of methoxy groups -OCH3 is 1. The van der Waals surface area contributed by atoms with Gasteiger partial charge in [-0.2, -0.15) is 0 Å². The largest absolute Gasteiger partial charge is 0.496 e. The van der Waals surface area contributed by atoms with Crippen LogP contribution in [0.5, 0.6) is 5.75 Å². The Hall–Kier alpha value is -1.79. The van der Waals surface area contributed by atoms with Gasteiger partial charge in [-0.15, -0.1) is 0 Å². The van der Waals surface area contributed by atoms with E-state index in [1.54, 1.807) is 6.07 Å². The second kappa shape index (κ2) is 6.40. The quantitative estimate of drug-likeness (QED) is 0.748. The molecule has 0 saturated heterocycles. The topological polar surface area (TPSA) is 95.9 Å². The molecule has 0 heterocycles. The van der Waals surface area contributed by atoms with E-state index in [1.807, 2.05) is 0 Å². The van der Waals surface area contributed by atoms with E-state index < -0.39 is 24.0 Å². The number of carboxylic acid groups (broad SMARTS) is 1. The summed E-state index contributed by atoms with van der Waals surface area (Å²) in [5.41, 5.74) is 0.0990. The average molecular weight is 288 g/mol. The number of aliphatic hydroxyl groups is 1. The monoisotopic (exact) mass is 287 g/mol. The second-order valence-electron chi connectivity index (χ2n) is 3.87. The maximum absolute atomic E-state index is 12.0. The first-order valence-electron chi connectivity index (χ1n) is 5.42. The molecule has 0 saturated carbocycles. The Balaban J connectivity index is 3.00. The number of amides is 1. The van der Waals surface area contributed by atoms with Crippen LogP contribution in [0.1, 0.15) is 17.3 Å². The number of halogens is 1. The van der Waals surface area contributed by atoms with E-state index in [0.717, 1.165) is 0 Å². The Morgan fingerprint density at radius 3 is 2.53 bits per heavy atom. The molecule has 1 aromatic carbocycles. The summed E-state index contributed by atoms with van der Waals surface area (Å²) in [5.74, 6) is -1.76. The van der Waals surface area contributed by atoms with E-state index in [1.165, 1.54) is 26.2 Å². The third kappa shape index (κ3) is 3.84. The van der Waals surface area contributed by atoms with Crippen molar-refractivity contribution in [2.75, 3.05) is 7.11 Å². The molecule has 19 heavy (non-hydrogen) atoms. The number of carbonyl (C=O) groups excluding carboxylic acids is 1. The molecule has 3 N–H and O–H groups in total. The van der Waals surface area contributed by atoms with Crippen LogP contribution in [0.15, 0.2) is 18.2 Å². The van der Waals surface area contributed by atoms with Gasteiger partial charge >= 0.3 is 5.97 Å². The number of rotatable bonds is 5. The van der Waals surface area contributed by atoms with Gasteiger partial charge in [0, 0.05) is 5.02 Å². The molecule has 0 unspecified atom stereocenters. The molecule has 1 amide bonds. The fourth-order valence-corrected chi connectivity index (χ4v) is 1.64. The molecule has 6 nitrogen and oxygen atoms in total. The van der Waals surface area contributed by atoms with Crippen LogP contribution in [0.4, 0.5) is 0 Å². The molecule has 1 aromatic rings. The first-order chi connectivity index (χ1) is 8.86. The highest BCUT2D eigenvalue weighted by molar-refractivity contribution is 6.31. The molecule has 0 spiro atoms. The summed E-state index contributed by atoms with van der Waals surface area (Å²) in [6.45, 7) is 1.27. The number of nitrogens with one attached hydrogen (secondary N) is 1. The van der Waals surface area contributed by atoms with Gasteiger partial charge < -0.3 is 20.3 Å². The Morgan fingerprint density at radius 2 is 2.05 bits per heavy atom. The summed E-state index contributed by atoms with van der Waals surface area (Å²) < 4.78 is 4.99. The molecule has 0 radical (unpaired) electrons. The van der Waals surface area contributed by atoms with Crippen LogP contribution < -0.4 is 10.1 Å². The van der Waals surface area contributed by atoms with Gasteiger partial charge in [0.1, 0.15) is 5.75 Å². The fraction of sp³-hybridized carbons (Fsp3) is 0.333. The summed E-state index contributed by atoms with van der Waals surface area (Å²) in [6.07, 6.45) is -1.23. The van der Waals surface area contributed by atoms with Gasteiger partial charge in [-0.05, 0) is 25.1 Å². The normalized spacial score (nSPS) is 13.5. The van der Waals surface area contributed by atoms with Gasteiger partial charge in [0.05, 0.1) is 18.8 Å². The smallest absolute Gasteiger partial charge is 0.328 e. The van der Waals surface area contributed by atoms with Crippen molar-refractivity contribution in [2.45, 2.75) is 19.1 Å². The number of ether oxygens (including phenoxy) is 1. The maximum Gasteiger partial charge on any atom is 0.328 e. The lowest BCUT2D eigenvalue weighted by Crippen LogP contribution is -2.47. The predicted octanol–water partition coefficient (Wildman–Crippen LogP) is 0.912. The third-order valence-corrected chi connectivity index (χ3v) is 2.68. The minimum Gasteiger partial charge on any atom is -0.496 e. The highest BCUT2D eigenvalue weighted by Gasteiger charge is 2.26. The Labute approximate surface area is 114 Å². The highest BCUT2D eigenvalue weighted by Crippen LogP contribution is 2.22. The van der Waals surface area contributed by atoms with Gasteiger partial charge in [-0.3, -0.25) is 4.79 Å². The summed E-state index contributed by atoms with van der Waals surface area (Å²) in [6, 6.07) is 2.99. The van der Waals surface area contributed by atoms with Crippen LogP contribution in [-0.4, -0.2) is 41.3 Å². The Morgan fingerprint density at radius 1 is 1.42 bits per heavy atom. The van der Waals surface area contributed by atoms with Crippen molar-refractivity contribution < 1.29 is 24.5 Å². The number of aliphatic hydroxyl groups excluding tert-OH is 1. The molecule has 0 bridgehead atoms. The van der Waals surface area contributed by atoms with E-state index in [0.29, 0.717) is 5.02 Å². The third-order valence-electron chi connectivity index (χ3n) is 2.44. The van der Waals surface area contributed by atoms with Gasteiger partial charge in [0.2, 0.25) is 0 Å². The number of hydrogen-bond donors (Lipinski definition) is 3. The summed E-state index contributed by atoms with van der Waals surface area (Å²) in [7, 11) is 1.38. The number of carbonyl (C=O) groups is 2. The number of benzene rings is 1. The molecule has 1 rings (SSSR count). The molecule has 0 aliphatic carbocycles. The van der Waals surface area contributed by atoms with Crippen molar-refractivity contribution in [2.24, 2.45) is 0 Å². The summed E-state index contributed by atoms with van der Waals surface area (Å²) in [4.78, 5) is 22.9. The number of carboxylic acids is 1. The van der Waals surface area contributed by atoms with Crippen LogP contribution in [0.2, 0.25) is 5.02 Å². The summed E-state index contributed by atoms with van der Waals surface area (Å²) in [5, 5.41) is 20.7. The lowest BCUT2D eigenvalue weighted by atomic mass is 10.1. The van der Waals surface area contributed by atoms with Crippen molar-refractivity contribution >= 4 is 23.5 Å². The van der Waals surface area contributed by atoms with Gasteiger partial charge in [0.15, 0.2) is 6.04 Å². The number of hydrogen-bond acceptors (Lipinski definition) is 4. The first kappa shape index (κ1) is 15.3. The van der Waals surface area contributed by atoms with Crippen molar-refractivity contribution in [3.63, 3.8) is 0 Å². The zero-order chi connectivity index (χ0) is 14.6. The van der Waals surface area contributed by atoms with Crippen LogP contribution in [0, 0.1) is 0 Å². The standard InChI is InChI=1S/C12H14ClNO5/c1-6(15)10(12(17)18)14-11(16)8-5-7(13)3-4-9(8)19-2/h3-6,10,15H,1-2H3,(H,14,16)(H,17,18)/t6-,10+/m1/s1. The van der Waals surface area contributed by atoms with Crippen molar-refractivity contribution in [1.29, 1.82) is 0 Å². The van der Waals surface area contributed by atoms with E-state index in [2.05, 4.69) is 5.32 Å². The highest BCUT2D eigenvalue weighted by atomic mass is 35.5. The zero-order valence-electron chi connectivity index (χ0n) is 10.4. The van der Waals surface area contributed by atoms with E-state index in [9.17, 15) is 14.7 Å². The first-order valence-corrected chi connectivity index (χ1v) is 5.80. The minimum absolute atomic E-state index is 0.0990. The number of aliphatic carboxylic acids is 1. The van der Waals surface area contributed by atoms with Crippen molar-refractivity contribution in [3.05, 3.63) is 28.8 Å². The molecule has 104 valence electrons. The van der Waals surface area contributed by atoms with Gasteiger partial charge in [-0.25, -0.2) is 4.79 Å². The fourth-order valence-electron chi connectivity index (χ4n) is 1.47. The summed E-state index contributed by atoms with van der Waals surface area (Å²) >= 11 is 5.78. The van der Waals surface area contributed by atoms with Gasteiger partial charge in [-0.1, -0.05) is 11.6 Å². The van der Waals surface area contributed by atoms with Gasteiger partial charge in [0.25, 0.3) is 5.91 Å². The molecule has 0 aliphatic heterocycles. The van der Waals surface area contributed by atoms with Crippen LogP contribution in [-0.2, 0) is 4.79 Å². The van der Waals surface area contributed by atoms with E-state index >= 15 is 0 Å². The zero-order valence-corrected chi connectivity index (χ0v) is 11.1. The SMILES string of the molecule is COc1ccc(Cl)cc1C(=O)N[C@H](C(=O)O)[C@@H](C)O. The van der Waals surface area contributed by atoms with Crippen molar-refractivity contribution in [1.82, 2.24) is 5.32 Å². The predicted molar refractivity (Wildman–Crippen MR) is 68.6 cm³/mol. The lowest BCUT2D eigenvalue weighted by Gasteiger charge is -2.18.